The van der Waals surface area contributed by atoms with Crippen LogP contribution in [0.3, 0.4) is 0 Å². The molecule has 2 aromatic rings. The second kappa shape index (κ2) is 7.07. The highest BCUT2D eigenvalue weighted by atomic mass is 16.2. The molecule has 2 amide bonds. The van der Waals surface area contributed by atoms with Crippen molar-refractivity contribution in [2.45, 2.75) is 52.6 Å². The van der Waals surface area contributed by atoms with Gasteiger partial charge < -0.3 is 10.6 Å². The molecule has 0 spiro atoms. The van der Waals surface area contributed by atoms with E-state index in [9.17, 15) is 4.79 Å². The van der Waals surface area contributed by atoms with E-state index in [1.807, 2.05) is 69.8 Å². The summed E-state index contributed by atoms with van der Waals surface area (Å²) in [5, 5.41) is 10.6. The van der Waals surface area contributed by atoms with Gasteiger partial charge in [0.25, 0.3) is 0 Å². The Morgan fingerprint density at radius 1 is 1.29 bits per heavy atom. The van der Waals surface area contributed by atoms with Crippen molar-refractivity contribution in [2.75, 3.05) is 0 Å². The largest absolute Gasteiger partial charge is 0.331 e. The summed E-state index contributed by atoms with van der Waals surface area (Å²) in [6.07, 6.45) is 0.809. The molecule has 5 heteroatoms. The zero-order valence-corrected chi connectivity index (χ0v) is 15.5. The summed E-state index contributed by atoms with van der Waals surface area (Å²) < 4.78 is 1.85. The number of urea groups is 1. The average molecular weight is 328 g/mol. The van der Waals surface area contributed by atoms with Crippen LogP contribution in [0.2, 0.25) is 0 Å². The Labute approximate surface area is 144 Å². The van der Waals surface area contributed by atoms with Crippen LogP contribution in [0, 0.1) is 13.8 Å². The van der Waals surface area contributed by atoms with E-state index < -0.39 is 5.54 Å². The molecule has 0 unspecified atom stereocenters. The van der Waals surface area contributed by atoms with Gasteiger partial charge >= 0.3 is 6.03 Å². The summed E-state index contributed by atoms with van der Waals surface area (Å²) in [5.41, 5.74) is 3.80. The Morgan fingerprint density at radius 2 is 1.92 bits per heavy atom. The molecule has 0 radical (unpaired) electrons. The standard InChI is InChI=1S/C19H28N4O/c1-7-19(5,16-11-9-8-10-12-16)21-18(24)20-13(2)17-14(3)22-23(6)15(17)4/h8-13H,7H2,1-6H3,(H2,20,21,24)/t13-,19+/m0/s1. The van der Waals surface area contributed by atoms with Crippen molar-refractivity contribution in [3.8, 4) is 0 Å². The molecule has 5 nitrogen and oxygen atoms in total. The molecule has 0 fully saturated rings. The highest BCUT2D eigenvalue weighted by Crippen LogP contribution is 2.25. The SMILES string of the molecule is CC[C@@](C)(NC(=O)N[C@@H](C)c1c(C)nn(C)c1C)c1ccccc1. The molecule has 0 saturated heterocycles. The van der Waals surface area contributed by atoms with E-state index in [4.69, 9.17) is 0 Å². The van der Waals surface area contributed by atoms with Gasteiger partial charge in [-0.2, -0.15) is 5.10 Å². The lowest BCUT2D eigenvalue weighted by molar-refractivity contribution is 0.223. The molecule has 0 bridgehead atoms. The molecular weight excluding hydrogens is 300 g/mol. The van der Waals surface area contributed by atoms with E-state index in [1.165, 1.54) is 0 Å². The van der Waals surface area contributed by atoms with Crippen LogP contribution < -0.4 is 10.6 Å². The summed E-state index contributed by atoms with van der Waals surface area (Å²) in [6, 6.07) is 9.79. The topological polar surface area (TPSA) is 59.0 Å². The summed E-state index contributed by atoms with van der Waals surface area (Å²) in [6.45, 7) is 10.1. The van der Waals surface area contributed by atoms with Crippen molar-refractivity contribution in [1.29, 1.82) is 0 Å². The fourth-order valence-electron chi connectivity index (χ4n) is 3.14. The minimum atomic E-state index is -0.399. The van der Waals surface area contributed by atoms with Gasteiger partial charge in [-0.15, -0.1) is 0 Å². The lowest BCUT2D eigenvalue weighted by atomic mass is 9.89. The zero-order chi connectivity index (χ0) is 17.9. The maximum absolute atomic E-state index is 12.6. The first-order valence-electron chi connectivity index (χ1n) is 8.42. The highest BCUT2D eigenvalue weighted by molar-refractivity contribution is 5.75. The molecule has 1 aromatic heterocycles. The minimum Gasteiger partial charge on any atom is -0.331 e. The quantitative estimate of drug-likeness (QED) is 0.879. The normalized spacial score (nSPS) is 14.8. The van der Waals surface area contributed by atoms with Crippen LogP contribution in [0.1, 0.15) is 55.7 Å². The van der Waals surface area contributed by atoms with E-state index in [0.717, 1.165) is 28.9 Å². The first-order chi connectivity index (χ1) is 11.3. The third-order valence-electron chi connectivity index (χ3n) is 4.85. The van der Waals surface area contributed by atoms with E-state index in [2.05, 4.69) is 22.7 Å². The number of aromatic nitrogens is 2. The molecule has 0 aliphatic carbocycles. The Balaban J connectivity index is 2.12. The first kappa shape index (κ1) is 18.0. The van der Waals surface area contributed by atoms with Crippen molar-refractivity contribution in [3.05, 3.63) is 52.8 Å². The van der Waals surface area contributed by atoms with E-state index in [-0.39, 0.29) is 12.1 Å². The number of carbonyl (C=O) groups excluding carboxylic acids is 1. The van der Waals surface area contributed by atoms with Crippen LogP contribution >= 0.6 is 0 Å². The molecule has 1 heterocycles. The van der Waals surface area contributed by atoms with E-state index in [0.29, 0.717) is 0 Å². The Bertz CT molecular complexity index is 708. The number of aryl methyl sites for hydroxylation is 2. The van der Waals surface area contributed by atoms with Gasteiger partial charge in [0.2, 0.25) is 0 Å². The van der Waals surface area contributed by atoms with Gasteiger partial charge in [-0.05, 0) is 39.7 Å². The number of amides is 2. The fraction of sp³-hybridized carbons (Fsp3) is 0.474. The number of rotatable bonds is 5. The number of nitrogens with one attached hydrogen (secondary N) is 2. The van der Waals surface area contributed by atoms with Gasteiger partial charge in [0, 0.05) is 18.3 Å². The molecule has 0 aliphatic rings. The Hall–Kier alpha value is -2.30. The van der Waals surface area contributed by atoms with Crippen molar-refractivity contribution >= 4 is 6.03 Å². The van der Waals surface area contributed by atoms with E-state index >= 15 is 0 Å². The Morgan fingerprint density at radius 3 is 2.42 bits per heavy atom. The second-order valence-electron chi connectivity index (χ2n) is 6.58. The number of nitrogens with zero attached hydrogens (tertiary/aromatic N) is 2. The van der Waals surface area contributed by atoms with Crippen LogP contribution in [0.15, 0.2) is 30.3 Å². The summed E-state index contributed by atoms with van der Waals surface area (Å²) in [7, 11) is 1.92. The number of benzene rings is 1. The summed E-state index contributed by atoms with van der Waals surface area (Å²) >= 11 is 0. The molecule has 0 aliphatic heterocycles. The maximum atomic E-state index is 12.6. The smallest absolute Gasteiger partial charge is 0.315 e. The van der Waals surface area contributed by atoms with Gasteiger partial charge in [0.15, 0.2) is 0 Å². The number of carbonyl (C=O) groups is 1. The van der Waals surface area contributed by atoms with Gasteiger partial charge in [-0.25, -0.2) is 4.79 Å². The number of hydrogen-bond acceptors (Lipinski definition) is 2. The van der Waals surface area contributed by atoms with Crippen molar-refractivity contribution in [1.82, 2.24) is 20.4 Å². The molecule has 2 N–H and O–H groups in total. The van der Waals surface area contributed by atoms with Gasteiger partial charge in [0.1, 0.15) is 0 Å². The van der Waals surface area contributed by atoms with Crippen LogP contribution in [0.5, 0.6) is 0 Å². The highest BCUT2D eigenvalue weighted by Gasteiger charge is 2.27. The predicted octanol–water partition coefficient (Wildman–Crippen LogP) is 3.72. The third-order valence-corrected chi connectivity index (χ3v) is 4.85. The maximum Gasteiger partial charge on any atom is 0.315 e. The molecular formula is C19H28N4O. The van der Waals surface area contributed by atoms with Crippen LogP contribution in [0.25, 0.3) is 0 Å². The molecule has 24 heavy (non-hydrogen) atoms. The van der Waals surface area contributed by atoms with E-state index in [1.54, 1.807) is 0 Å². The molecule has 1 aromatic carbocycles. The van der Waals surface area contributed by atoms with Crippen molar-refractivity contribution < 1.29 is 4.79 Å². The lowest BCUT2D eigenvalue weighted by Crippen LogP contribution is -2.48. The first-order valence-corrected chi connectivity index (χ1v) is 8.42. The molecule has 0 saturated carbocycles. The zero-order valence-electron chi connectivity index (χ0n) is 15.5. The summed E-state index contributed by atoms with van der Waals surface area (Å²) in [5.74, 6) is 0. The monoisotopic (exact) mass is 328 g/mol. The summed E-state index contributed by atoms with van der Waals surface area (Å²) in [4.78, 5) is 12.6. The predicted molar refractivity (Wildman–Crippen MR) is 96.8 cm³/mol. The van der Waals surface area contributed by atoms with Gasteiger partial charge in [-0.1, -0.05) is 37.3 Å². The molecule has 2 atom stereocenters. The van der Waals surface area contributed by atoms with Crippen LogP contribution in [-0.2, 0) is 12.6 Å². The Kier molecular flexibility index (Phi) is 5.32. The van der Waals surface area contributed by atoms with Gasteiger partial charge in [-0.3, -0.25) is 4.68 Å². The third kappa shape index (κ3) is 3.61. The lowest BCUT2D eigenvalue weighted by Gasteiger charge is -2.31. The molecule has 130 valence electrons. The van der Waals surface area contributed by atoms with Crippen molar-refractivity contribution in [2.24, 2.45) is 7.05 Å². The fourth-order valence-corrected chi connectivity index (χ4v) is 3.14. The van der Waals surface area contributed by atoms with Crippen molar-refractivity contribution in [3.63, 3.8) is 0 Å². The van der Waals surface area contributed by atoms with Crippen LogP contribution in [0.4, 0.5) is 4.79 Å². The molecule has 2 rings (SSSR count). The number of hydrogen-bond donors (Lipinski definition) is 2. The second-order valence-corrected chi connectivity index (χ2v) is 6.58. The minimum absolute atomic E-state index is 0.101. The van der Waals surface area contributed by atoms with Gasteiger partial charge in [0.05, 0.1) is 17.3 Å². The van der Waals surface area contributed by atoms with Crippen LogP contribution in [-0.4, -0.2) is 15.8 Å². The average Bonchev–Trinajstić information content (AvgIpc) is 2.80.